The van der Waals surface area contributed by atoms with Crippen LogP contribution >= 0.6 is 23.5 Å². The second kappa shape index (κ2) is 10.3. The van der Waals surface area contributed by atoms with Gasteiger partial charge in [-0.1, -0.05) is 0 Å². The van der Waals surface area contributed by atoms with Crippen molar-refractivity contribution < 1.29 is 14.3 Å². The highest BCUT2D eigenvalue weighted by Gasteiger charge is 2.18. The summed E-state index contributed by atoms with van der Waals surface area (Å²) in [5.74, 6) is 1.36. The maximum atomic E-state index is 12.1. The second-order valence-corrected chi connectivity index (χ2v) is 6.85. The van der Waals surface area contributed by atoms with Crippen molar-refractivity contribution >= 4 is 35.3 Å². The average Bonchev–Trinajstić information content (AvgIpc) is 2.45. The van der Waals surface area contributed by atoms with Crippen molar-refractivity contribution in [2.75, 3.05) is 37.0 Å². The maximum absolute atomic E-state index is 12.1. The van der Waals surface area contributed by atoms with Gasteiger partial charge in [0.2, 0.25) is 11.8 Å². The summed E-state index contributed by atoms with van der Waals surface area (Å²) in [5, 5.41) is 0. The summed E-state index contributed by atoms with van der Waals surface area (Å²) in [6.07, 6.45) is 3.36. The number of hydrogen-bond acceptors (Lipinski definition) is 5. The molecule has 20 heavy (non-hydrogen) atoms. The van der Waals surface area contributed by atoms with Gasteiger partial charge in [-0.3, -0.25) is 9.59 Å². The SMILES string of the molecule is CCN(CCSCC(N)=O)C(=O)CSC1CCCCO1. The molecule has 0 aromatic rings. The summed E-state index contributed by atoms with van der Waals surface area (Å²) in [6, 6.07) is 0. The Labute approximate surface area is 129 Å². The van der Waals surface area contributed by atoms with E-state index in [-0.39, 0.29) is 17.3 Å². The number of ether oxygens (including phenoxy) is 1. The van der Waals surface area contributed by atoms with Crippen LogP contribution in [0.15, 0.2) is 0 Å². The summed E-state index contributed by atoms with van der Waals surface area (Å²) < 4.78 is 5.60. The van der Waals surface area contributed by atoms with Crippen LogP contribution < -0.4 is 5.73 Å². The Hall–Kier alpha value is -0.400. The Bertz CT molecular complexity index is 310. The minimum absolute atomic E-state index is 0.145. The Morgan fingerprint density at radius 1 is 1.35 bits per heavy atom. The van der Waals surface area contributed by atoms with Crippen LogP contribution in [0.5, 0.6) is 0 Å². The molecule has 0 aromatic carbocycles. The van der Waals surface area contributed by atoms with E-state index in [0.29, 0.717) is 24.6 Å². The van der Waals surface area contributed by atoms with Crippen molar-refractivity contribution in [2.24, 2.45) is 5.73 Å². The average molecular weight is 320 g/mol. The van der Waals surface area contributed by atoms with Crippen LogP contribution in [0.3, 0.4) is 0 Å². The maximum Gasteiger partial charge on any atom is 0.232 e. The van der Waals surface area contributed by atoms with Gasteiger partial charge in [0, 0.05) is 25.4 Å². The summed E-state index contributed by atoms with van der Waals surface area (Å²) in [5.41, 5.74) is 5.25. The van der Waals surface area contributed by atoms with Crippen molar-refractivity contribution in [2.45, 2.75) is 31.6 Å². The van der Waals surface area contributed by atoms with Gasteiger partial charge in [-0.2, -0.15) is 11.8 Å². The van der Waals surface area contributed by atoms with Gasteiger partial charge < -0.3 is 15.4 Å². The zero-order valence-corrected chi connectivity index (χ0v) is 13.6. The molecule has 2 amide bonds. The third kappa shape index (κ3) is 7.40. The normalized spacial score (nSPS) is 18.8. The lowest BCUT2D eigenvalue weighted by atomic mass is 10.2. The van der Waals surface area contributed by atoms with Crippen LogP contribution in [-0.2, 0) is 14.3 Å². The Morgan fingerprint density at radius 2 is 2.15 bits per heavy atom. The van der Waals surface area contributed by atoms with Gasteiger partial charge in [0.05, 0.1) is 11.5 Å². The van der Waals surface area contributed by atoms with E-state index in [2.05, 4.69) is 0 Å². The molecule has 0 radical (unpaired) electrons. The predicted molar refractivity (Wildman–Crippen MR) is 84.8 cm³/mol. The lowest BCUT2D eigenvalue weighted by Gasteiger charge is -2.24. The molecule has 0 bridgehead atoms. The molecule has 0 aliphatic carbocycles. The highest BCUT2D eigenvalue weighted by molar-refractivity contribution is 8.00. The van der Waals surface area contributed by atoms with Crippen molar-refractivity contribution in [3.05, 3.63) is 0 Å². The number of hydrogen-bond donors (Lipinski definition) is 1. The number of primary amides is 1. The number of rotatable bonds is 9. The summed E-state index contributed by atoms with van der Waals surface area (Å²) in [7, 11) is 0. The first-order chi connectivity index (χ1) is 9.63. The minimum atomic E-state index is -0.311. The first-order valence-electron chi connectivity index (χ1n) is 7.00. The number of thioether (sulfide) groups is 2. The van der Waals surface area contributed by atoms with E-state index in [1.165, 1.54) is 18.2 Å². The van der Waals surface area contributed by atoms with Crippen molar-refractivity contribution in [3.63, 3.8) is 0 Å². The molecule has 1 aliphatic heterocycles. The molecule has 0 saturated carbocycles. The summed E-state index contributed by atoms with van der Waals surface area (Å²) in [6.45, 7) is 4.15. The van der Waals surface area contributed by atoms with Crippen LogP contribution in [0.2, 0.25) is 0 Å². The molecule has 116 valence electrons. The van der Waals surface area contributed by atoms with Crippen LogP contribution in [0.4, 0.5) is 0 Å². The van der Waals surface area contributed by atoms with E-state index in [9.17, 15) is 9.59 Å². The first-order valence-corrected chi connectivity index (χ1v) is 9.21. The Balaban J connectivity index is 2.18. The number of nitrogens with zero attached hydrogens (tertiary/aromatic N) is 1. The van der Waals surface area contributed by atoms with Crippen LogP contribution in [0, 0.1) is 0 Å². The van der Waals surface area contributed by atoms with Crippen molar-refractivity contribution in [1.29, 1.82) is 0 Å². The number of carbonyl (C=O) groups excluding carboxylic acids is 2. The van der Waals surface area contributed by atoms with Gasteiger partial charge in [-0.15, -0.1) is 11.8 Å². The van der Waals surface area contributed by atoms with Gasteiger partial charge in [-0.25, -0.2) is 0 Å². The van der Waals surface area contributed by atoms with Gasteiger partial charge in [0.25, 0.3) is 0 Å². The van der Waals surface area contributed by atoms with E-state index in [1.54, 1.807) is 11.8 Å². The molecule has 1 saturated heterocycles. The lowest BCUT2D eigenvalue weighted by Crippen LogP contribution is -2.35. The third-order valence-electron chi connectivity index (χ3n) is 3.01. The van der Waals surface area contributed by atoms with E-state index in [0.717, 1.165) is 25.2 Å². The topological polar surface area (TPSA) is 72.6 Å². The van der Waals surface area contributed by atoms with Crippen LogP contribution in [0.1, 0.15) is 26.2 Å². The summed E-state index contributed by atoms with van der Waals surface area (Å²) >= 11 is 3.07. The molecule has 0 spiro atoms. The molecule has 0 aromatic heterocycles. The van der Waals surface area contributed by atoms with E-state index < -0.39 is 0 Å². The third-order valence-corrected chi connectivity index (χ3v) is 5.13. The molecule has 2 N–H and O–H groups in total. The fraction of sp³-hybridized carbons (Fsp3) is 0.846. The molecular formula is C13H24N2O3S2. The predicted octanol–water partition coefficient (Wildman–Crippen LogP) is 1.31. The smallest absolute Gasteiger partial charge is 0.232 e. The quantitative estimate of drug-likeness (QED) is 0.649. The largest absolute Gasteiger partial charge is 0.369 e. The fourth-order valence-corrected chi connectivity index (χ4v) is 3.64. The van der Waals surface area contributed by atoms with E-state index in [1.807, 2.05) is 11.8 Å². The van der Waals surface area contributed by atoms with Gasteiger partial charge in [0.15, 0.2) is 0 Å². The summed E-state index contributed by atoms with van der Waals surface area (Å²) in [4.78, 5) is 24.5. The van der Waals surface area contributed by atoms with Crippen molar-refractivity contribution in [1.82, 2.24) is 4.90 Å². The molecule has 1 aliphatic rings. The molecule has 1 fully saturated rings. The Morgan fingerprint density at radius 3 is 2.75 bits per heavy atom. The van der Waals surface area contributed by atoms with Gasteiger partial charge in [0.1, 0.15) is 5.44 Å². The zero-order valence-electron chi connectivity index (χ0n) is 12.0. The van der Waals surface area contributed by atoms with Crippen LogP contribution in [-0.4, -0.2) is 59.1 Å². The van der Waals surface area contributed by atoms with E-state index >= 15 is 0 Å². The second-order valence-electron chi connectivity index (χ2n) is 4.60. The highest BCUT2D eigenvalue weighted by Crippen LogP contribution is 2.23. The molecular weight excluding hydrogens is 296 g/mol. The van der Waals surface area contributed by atoms with Gasteiger partial charge in [-0.05, 0) is 26.2 Å². The van der Waals surface area contributed by atoms with Crippen LogP contribution in [0.25, 0.3) is 0 Å². The molecule has 1 heterocycles. The first kappa shape index (κ1) is 17.7. The fourth-order valence-electron chi connectivity index (χ4n) is 1.90. The Kier molecular flexibility index (Phi) is 9.13. The zero-order chi connectivity index (χ0) is 14.8. The lowest BCUT2D eigenvalue weighted by molar-refractivity contribution is -0.128. The van der Waals surface area contributed by atoms with E-state index in [4.69, 9.17) is 10.5 Å². The molecule has 1 unspecified atom stereocenters. The molecule has 5 nitrogen and oxygen atoms in total. The molecule has 1 rings (SSSR count). The highest BCUT2D eigenvalue weighted by atomic mass is 32.2. The minimum Gasteiger partial charge on any atom is -0.369 e. The number of carbonyl (C=O) groups is 2. The molecule has 1 atom stereocenters. The van der Waals surface area contributed by atoms with Gasteiger partial charge >= 0.3 is 0 Å². The number of nitrogens with two attached hydrogens (primary N) is 1. The monoisotopic (exact) mass is 320 g/mol. The standard InChI is InChI=1S/C13H24N2O3S2/c1-2-15(6-8-19-9-11(14)16)12(17)10-20-13-5-3-4-7-18-13/h13H,2-10H2,1H3,(H2,14,16). The van der Waals surface area contributed by atoms with Crippen molar-refractivity contribution in [3.8, 4) is 0 Å². The number of amides is 2. The molecule has 7 heteroatoms.